The van der Waals surface area contributed by atoms with Gasteiger partial charge >= 0.3 is 0 Å². The van der Waals surface area contributed by atoms with Crippen LogP contribution in [0.1, 0.15) is 32.0 Å². The maximum Gasteiger partial charge on any atom is 0.249 e. The minimum atomic E-state index is -0.382. The Morgan fingerprint density at radius 3 is 2.63 bits per heavy atom. The van der Waals surface area contributed by atoms with E-state index in [0.29, 0.717) is 36.4 Å². The normalized spacial score (nSPS) is 16.7. The number of rotatable bonds is 6. The van der Waals surface area contributed by atoms with Gasteiger partial charge in [0.2, 0.25) is 17.8 Å². The van der Waals surface area contributed by atoms with Crippen LogP contribution in [0.3, 0.4) is 0 Å². The molecular formula is C19H26N6O2. The van der Waals surface area contributed by atoms with E-state index in [1.54, 1.807) is 12.0 Å². The summed E-state index contributed by atoms with van der Waals surface area (Å²) >= 11 is 0. The average molecular weight is 370 g/mol. The molecule has 1 saturated heterocycles. The fourth-order valence-electron chi connectivity index (χ4n) is 2.97. The van der Waals surface area contributed by atoms with Crippen molar-refractivity contribution in [1.82, 2.24) is 15.0 Å². The number of benzene rings is 1. The molecule has 1 aliphatic heterocycles. The molecule has 3 rings (SSSR count). The van der Waals surface area contributed by atoms with Gasteiger partial charge < -0.3 is 19.9 Å². The molecule has 2 aromatic rings. The third-order valence-corrected chi connectivity index (χ3v) is 4.44. The molecule has 144 valence electrons. The molecule has 1 aromatic heterocycles. The van der Waals surface area contributed by atoms with Crippen molar-refractivity contribution in [3.8, 4) is 5.75 Å². The SMILES string of the molecule is COc1ccccc1N1CCC(Nc2nc(C(C)C)nc(N(C)C)n2)C1=O. The van der Waals surface area contributed by atoms with E-state index in [-0.39, 0.29) is 17.9 Å². The van der Waals surface area contributed by atoms with Gasteiger partial charge in [-0.1, -0.05) is 26.0 Å². The summed E-state index contributed by atoms with van der Waals surface area (Å²) in [5, 5.41) is 3.20. The van der Waals surface area contributed by atoms with E-state index in [4.69, 9.17) is 4.74 Å². The van der Waals surface area contributed by atoms with E-state index in [1.165, 1.54) is 0 Å². The second-order valence-corrected chi connectivity index (χ2v) is 7.01. The van der Waals surface area contributed by atoms with Gasteiger partial charge in [-0.05, 0) is 18.6 Å². The van der Waals surface area contributed by atoms with Crippen molar-refractivity contribution in [2.45, 2.75) is 32.2 Å². The Morgan fingerprint density at radius 1 is 1.22 bits per heavy atom. The Kier molecular flexibility index (Phi) is 5.43. The van der Waals surface area contributed by atoms with Gasteiger partial charge in [0.05, 0.1) is 12.8 Å². The Morgan fingerprint density at radius 2 is 1.96 bits per heavy atom. The molecule has 1 fully saturated rings. The zero-order chi connectivity index (χ0) is 19.6. The van der Waals surface area contributed by atoms with Gasteiger partial charge in [-0.3, -0.25) is 4.79 Å². The van der Waals surface area contributed by atoms with Crippen molar-refractivity contribution in [2.24, 2.45) is 0 Å². The summed E-state index contributed by atoms with van der Waals surface area (Å²) in [6.07, 6.45) is 0.664. The molecule has 1 N–H and O–H groups in total. The summed E-state index contributed by atoms with van der Waals surface area (Å²) in [7, 11) is 5.37. The number of ether oxygens (including phenoxy) is 1. The lowest BCUT2D eigenvalue weighted by Gasteiger charge is -2.20. The number of para-hydroxylation sites is 2. The topological polar surface area (TPSA) is 83.5 Å². The lowest BCUT2D eigenvalue weighted by atomic mass is 10.2. The fraction of sp³-hybridized carbons (Fsp3) is 0.474. The molecule has 1 aromatic carbocycles. The molecule has 2 heterocycles. The number of amides is 1. The number of hydrogen-bond donors (Lipinski definition) is 1. The van der Waals surface area contributed by atoms with Gasteiger partial charge in [-0.15, -0.1) is 0 Å². The number of carbonyl (C=O) groups is 1. The van der Waals surface area contributed by atoms with Crippen LogP contribution in [0.25, 0.3) is 0 Å². The predicted molar refractivity (Wildman–Crippen MR) is 106 cm³/mol. The number of carbonyl (C=O) groups excluding carboxylic acids is 1. The van der Waals surface area contributed by atoms with Gasteiger partial charge in [0, 0.05) is 26.6 Å². The minimum Gasteiger partial charge on any atom is -0.495 e. The quantitative estimate of drug-likeness (QED) is 0.835. The molecule has 0 aliphatic carbocycles. The fourth-order valence-corrected chi connectivity index (χ4v) is 2.97. The number of nitrogens with zero attached hydrogens (tertiary/aromatic N) is 5. The lowest BCUT2D eigenvalue weighted by molar-refractivity contribution is -0.117. The second-order valence-electron chi connectivity index (χ2n) is 7.01. The average Bonchev–Trinajstić information content (AvgIpc) is 3.01. The highest BCUT2D eigenvalue weighted by Gasteiger charge is 2.34. The van der Waals surface area contributed by atoms with E-state index in [0.717, 1.165) is 5.69 Å². The van der Waals surface area contributed by atoms with Crippen LogP contribution in [0.4, 0.5) is 17.6 Å². The highest BCUT2D eigenvalue weighted by molar-refractivity contribution is 6.01. The van der Waals surface area contributed by atoms with Gasteiger partial charge in [-0.25, -0.2) is 0 Å². The van der Waals surface area contributed by atoms with Gasteiger partial charge in [0.1, 0.15) is 17.6 Å². The Labute approximate surface area is 159 Å². The highest BCUT2D eigenvalue weighted by Crippen LogP contribution is 2.31. The second kappa shape index (κ2) is 7.77. The smallest absolute Gasteiger partial charge is 0.249 e. The lowest BCUT2D eigenvalue weighted by Crippen LogP contribution is -2.34. The molecule has 0 saturated carbocycles. The number of aromatic nitrogens is 3. The van der Waals surface area contributed by atoms with E-state index in [9.17, 15) is 4.79 Å². The Bertz CT molecular complexity index is 797. The van der Waals surface area contributed by atoms with Crippen molar-refractivity contribution < 1.29 is 9.53 Å². The van der Waals surface area contributed by atoms with Crippen molar-refractivity contribution >= 4 is 23.5 Å². The van der Waals surface area contributed by atoms with Crippen LogP contribution in [-0.4, -0.2) is 54.7 Å². The maximum absolute atomic E-state index is 12.9. The van der Waals surface area contributed by atoms with Crippen LogP contribution < -0.4 is 19.9 Å². The van der Waals surface area contributed by atoms with Gasteiger partial charge in [0.15, 0.2) is 0 Å². The monoisotopic (exact) mass is 370 g/mol. The van der Waals surface area contributed by atoms with Crippen molar-refractivity contribution in [3.05, 3.63) is 30.1 Å². The summed E-state index contributed by atoms with van der Waals surface area (Å²) in [4.78, 5) is 29.9. The molecule has 1 amide bonds. The Balaban J connectivity index is 1.82. The summed E-state index contributed by atoms with van der Waals surface area (Å²) < 4.78 is 5.39. The van der Waals surface area contributed by atoms with Crippen LogP contribution in [0.2, 0.25) is 0 Å². The van der Waals surface area contributed by atoms with E-state index in [1.807, 2.05) is 57.1 Å². The first kappa shape index (κ1) is 18.9. The zero-order valence-corrected chi connectivity index (χ0v) is 16.4. The number of anilines is 3. The van der Waals surface area contributed by atoms with Crippen LogP contribution in [0, 0.1) is 0 Å². The maximum atomic E-state index is 12.9. The van der Waals surface area contributed by atoms with Crippen LogP contribution >= 0.6 is 0 Å². The molecule has 8 nitrogen and oxygen atoms in total. The highest BCUT2D eigenvalue weighted by atomic mass is 16.5. The molecule has 1 unspecified atom stereocenters. The first-order chi connectivity index (χ1) is 12.9. The summed E-state index contributed by atoms with van der Waals surface area (Å²) in [5.41, 5.74) is 0.779. The number of hydrogen-bond acceptors (Lipinski definition) is 7. The zero-order valence-electron chi connectivity index (χ0n) is 16.4. The third-order valence-electron chi connectivity index (χ3n) is 4.44. The standard InChI is InChI=1S/C19H26N6O2/c1-12(2)16-21-18(23-19(22-16)24(3)4)20-13-10-11-25(17(13)26)14-8-6-7-9-15(14)27-5/h6-9,12-13H,10-11H2,1-5H3,(H,20,21,22,23). The molecule has 0 radical (unpaired) electrons. The summed E-state index contributed by atoms with van der Waals surface area (Å²) in [6, 6.07) is 7.15. The molecule has 27 heavy (non-hydrogen) atoms. The van der Waals surface area contributed by atoms with Crippen molar-refractivity contribution in [3.63, 3.8) is 0 Å². The van der Waals surface area contributed by atoms with E-state index < -0.39 is 0 Å². The van der Waals surface area contributed by atoms with Crippen LogP contribution in [0.15, 0.2) is 24.3 Å². The molecular weight excluding hydrogens is 344 g/mol. The van der Waals surface area contributed by atoms with E-state index in [2.05, 4.69) is 20.3 Å². The summed E-state index contributed by atoms with van der Waals surface area (Å²) in [6.45, 7) is 4.67. The van der Waals surface area contributed by atoms with Crippen LogP contribution in [0.5, 0.6) is 5.75 Å². The third kappa shape index (κ3) is 3.94. The van der Waals surface area contributed by atoms with Gasteiger partial charge in [-0.2, -0.15) is 15.0 Å². The van der Waals surface area contributed by atoms with Crippen molar-refractivity contribution in [2.75, 3.05) is 42.9 Å². The molecule has 1 aliphatic rings. The predicted octanol–water partition coefficient (Wildman–Crippen LogP) is 2.29. The number of nitrogens with one attached hydrogen (secondary N) is 1. The van der Waals surface area contributed by atoms with E-state index >= 15 is 0 Å². The number of methoxy groups -OCH3 is 1. The largest absolute Gasteiger partial charge is 0.495 e. The van der Waals surface area contributed by atoms with Crippen LogP contribution in [-0.2, 0) is 4.79 Å². The molecule has 1 atom stereocenters. The molecule has 0 bridgehead atoms. The summed E-state index contributed by atoms with van der Waals surface area (Å²) in [5.74, 6) is 2.53. The minimum absolute atomic E-state index is 0.0163. The molecule has 0 spiro atoms. The van der Waals surface area contributed by atoms with Crippen molar-refractivity contribution in [1.29, 1.82) is 0 Å². The van der Waals surface area contributed by atoms with Gasteiger partial charge in [0.25, 0.3) is 0 Å². The first-order valence-electron chi connectivity index (χ1n) is 9.05. The Hall–Kier alpha value is -2.90. The first-order valence-corrected chi connectivity index (χ1v) is 9.05. The molecule has 8 heteroatoms.